The molecule has 1 aromatic rings. The third kappa shape index (κ3) is 0.883. The topological polar surface area (TPSA) is 80.6 Å². The highest BCUT2D eigenvalue weighted by Gasteiger charge is 1.99. The van der Waals surface area contributed by atoms with E-state index in [9.17, 15) is 0 Å². The van der Waals surface area contributed by atoms with Crippen LogP contribution in [-0.4, -0.2) is 20.8 Å². The molecule has 0 aliphatic heterocycles. The van der Waals surface area contributed by atoms with Crippen LogP contribution in [0.5, 0.6) is 0 Å². The molecule has 0 bridgehead atoms. The number of hydrogen-bond donors (Lipinski definition) is 2. The Balaban J connectivity index is 3.08. The third-order valence-corrected chi connectivity index (χ3v) is 0.990. The molecule has 48 valence electrons. The number of nitrogen functional groups attached to an aromatic ring is 1. The van der Waals surface area contributed by atoms with Gasteiger partial charge < -0.3 is 5.73 Å². The van der Waals surface area contributed by atoms with Crippen LogP contribution in [0.25, 0.3) is 0 Å². The summed E-state index contributed by atoms with van der Waals surface area (Å²) in [5.74, 6) is -0.0116. The number of nitrogens with two attached hydrogens (primary N) is 1. The van der Waals surface area contributed by atoms with Gasteiger partial charge in [-0.3, -0.25) is 5.41 Å². The van der Waals surface area contributed by atoms with Crippen molar-refractivity contribution in [2.75, 3.05) is 0 Å². The molecule has 0 saturated heterocycles. The second-order valence-electron chi connectivity index (χ2n) is 1.66. The maximum atomic E-state index is 6.97. The highest BCUT2D eigenvalue weighted by molar-refractivity contribution is 5.92. The fourth-order valence-electron chi connectivity index (χ4n) is 0.534. The van der Waals surface area contributed by atoms with Gasteiger partial charge in [-0.05, 0) is 0 Å². The van der Waals surface area contributed by atoms with Gasteiger partial charge in [0.25, 0.3) is 0 Å². The van der Waals surface area contributed by atoms with E-state index >= 15 is 0 Å². The van der Waals surface area contributed by atoms with Crippen LogP contribution in [-0.2, 0) is 7.05 Å². The van der Waals surface area contributed by atoms with E-state index in [0.29, 0.717) is 5.69 Å². The summed E-state index contributed by atoms with van der Waals surface area (Å²) < 4.78 is 1.45. The molecule has 0 aliphatic carbocycles. The van der Waals surface area contributed by atoms with Gasteiger partial charge in [-0.2, -0.15) is 0 Å². The van der Waals surface area contributed by atoms with E-state index < -0.39 is 0 Å². The number of aromatic nitrogens is 3. The van der Waals surface area contributed by atoms with Crippen molar-refractivity contribution in [2.24, 2.45) is 12.8 Å². The van der Waals surface area contributed by atoms with E-state index in [4.69, 9.17) is 11.1 Å². The molecule has 5 nitrogen and oxygen atoms in total. The normalized spacial score (nSPS) is 9.44. The van der Waals surface area contributed by atoms with Crippen molar-refractivity contribution in [3.63, 3.8) is 0 Å². The Morgan fingerprint density at radius 2 is 2.56 bits per heavy atom. The summed E-state index contributed by atoms with van der Waals surface area (Å²) in [5.41, 5.74) is 5.68. The van der Waals surface area contributed by atoms with E-state index in [1.54, 1.807) is 7.05 Å². The minimum absolute atomic E-state index is 0.0116. The second kappa shape index (κ2) is 1.85. The highest BCUT2D eigenvalue weighted by Crippen LogP contribution is 1.88. The molecular formula is C4H7N5. The van der Waals surface area contributed by atoms with Gasteiger partial charge in [0.15, 0.2) is 0 Å². The predicted octanol–water partition coefficient (Wildman–Crippen LogP) is -0.901. The summed E-state index contributed by atoms with van der Waals surface area (Å²) in [6.45, 7) is 0. The number of rotatable bonds is 1. The first-order valence-electron chi connectivity index (χ1n) is 2.41. The molecule has 1 heterocycles. The molecule has 0 radical (unpaired) electrons. The molecule has 0 amide bonds. The van der Waals surface area contributed by atoms with Gasteiger partial charge in [0.05, 0.1) is 6.20 Å². The molecule has 0 aromatic carbocycles. The fourth-order valence-corrected chi connectivity index (χ4v) is 0.534. The zero-order valence-corrected chi connectivity index (χ0v) is 5.00. The minimum Gasteiger partial charge on any atom is -0.382 e. The number of amidine groups is 1. The Labute approximate surface area is 52.0 Å². The molecule has 0 spiro atoms. The Hall–Kier alpha value is -1.39. The SMILES string of the molecule is Cn1nncc1C(=N)N. The first kappa shape index (κ1) is 5.74. The smallest absolute Gasteiger partial charge is 0.143 e. The van der Waals surface area contributed by atoms with Crippen LogP contribution in [0, 0.1) is 5.41 Å². The standard InChI is InChI=1S/C4H7N5/c1-9-3(4(5)6)2-7-8-9/h2H,1H3,(H3,5,6). The minimum atomic E-state index is -0.0116. The predicted molar refractivity (Wildman–Crippen MR) is 32.0 cm³/mol. The molecule has 0 atom stereocenters. The Bertz CT molecular complexity index is 225. The van der Waals surface area contributed by atoms with Crippen LogP contribution in [0.4, 0.5) is 0 Å². The molecule has 5 heteroatoms. The number of nitrogens with zero attached hydrogens (tertiary/aromatic N) is 3. The average Bonchev–Trinajstić information content (AvgIpc) is 2.13. The quantitative estimate of drug-likeness (QED) is 0.377. The second-order valence-corrected chi connectivity index (χ2v) is 1.66. The van der Waals surface area contributed by atoms with Gasteiger partial charge in [0.2, 0.25) is 0 Å². The van der Waals surface area contributed by atoms with E-state index in [1.807, 2.05) is 0 Å². The van der Waals surface area contributed by atoms with Crippen molar-refractivity contribution >= 4 is 5.84 Å². The zero-order chi connectivity index (χ0) is 6.85. The lowest BCUT2D eigenvalue weighted by Gasteiger charge is -1.93. The number of hydrogen-bond acceptors (Lipinski definition) is 3. The fraction of sp³-hybridized carbons (Fsp3) is 0.250. The van der Waals surface area contributed by atoms with Gasteiger partial charge in [0.1, 0.15) is 11.5 Å². The van der Waals surface area contributed by atoms with Crippen molar-refractivity contribution in [3.05, 3.63) is 11.9 Å². The van der Waals surface area contributed by atoms with Crippen molar-refractivity contribution < 1.29 is 0 Å². The lowest BCUT2D eigenvalue weighted by Crippen LogP contribution is -2.15. The molecular weight excluding hydrogens is 118 g/mol. The monoisotopic (exact) mass is 125 g/mol. The van der Waals surface area contributed by atoms with Crippen molar-refractivity contribution in [3.8, 4) is 0 Å². The highest BCUT2D eigenvalue weighted by atomic mass is 15.4. The van der Waals surface area contributed by atoms with Crippen LogP contribution in [0.2, 0.25) is 0 Å². The first-order chi connectivity index (χ1) is 4.22. The lowest BCUT2D eigenvalue weighted by atomic mass is 10.4. The van der Waals surface area contributed by atoms with Crippen molar-refractivity contribution in [1.29, 1.82) is 5.41 Å². The summed E-state index contributed by atoms with van der Waals surface area (Å²) in [7, 11) is 1.68. The van der Waals surface area contributed by atoms with Crippen LogP contribution < -0.4 is 5.73 Å². The molecule has 0 aliphatic rings. The van der Waals surface area contributed by atoms with E-state index in [1.165, 1.54) is 10.9 Å². The Morgan fingerprint density at radius 1 is 1.89 bits per heavy atom. The van der Waals surface area contributed by atoms with Crippen LogP contribution in [0.15, 0.2) is 6.20 Å². The van der Waals surface area contributed by atoms with E-state index in [-0.39, 0.29) is 5.84 Å². The van der Waals surface area contributed by atoms with Crippen LogP contribution in [0.1, 0.15) is 5.69 Å². The largest absolute Gasteiger partial charge is 0.382 e. The molecule has 0 fully saturated rings. The number of aryl methyl sites for hydroxylation is 1. The lowest BCUT2D eigenvalue weighted by molar-refractivity contribution is 0.708. The first-order valence-corrected chi connectivity index (χ1v) is 2.41. The summed E-state index contributed by atoms with van der Waals surface area (Å²) in [4.78, 5) is 0. The molecule has 0 saturated carbocycles. The molecule has 1 rings (SSSR count). The molecule has 9 heavy (non-hydrogen) atoms. The van der Waals surface area contributed by atoms with Crippen molar-refractivity contribution in [1.82, 2.24) is 15.0 Å². The third-order valence-electron chi connectivity index (χ3n) is 0.990. The summed E-state index contributed by atoms with van der Waals surface area (Å²) in [5, 5.41) is 14.1. The van der Waals surface area contributed by atoms with Gasteiger partial charge in [-0.25, -0.2) is 4.68 Å². The van der Waals surface area contributed by atoms with Crippen LogP contribution in [0.3, 0.4) is 0 Å². The van der Waals surface area contributed by atoms with Gasteiger partial charge in [0, 0.05) is 7.05 Å². The van der Waals surface area contributed by atoms with Gasteiger partial charge >= 0.3 is 0 Å². The molecule has 0 unspecified atom stereocenters. The summed E-state index contributed by atoms with van der Waals surface area (Å²) >= 11 is 0. The van der Waals surface area contributed by atoms with E-state index in [2.05, 4.69) is 10.3 Å². The summed E-state index contributed by atoms with van der Waals surface area (Å²) in [6.07, 6.45) is 1.45. The van der Waals surface area contributed by atoms with Gasteiger partial charge in [-0.1, -0.05) is 5.21 Å². The van der Waals surface area contributed by atoms with Crippen LogP contribution >= 0.6 is 0 Å². The van der Waals surface area contributed by atoms with Crippen molar-refractivity contribution in [2.45, 2.75) is 0 Å². The maximum Gasteiger partial charge on any atom is 0.143 e. The number of nitrogens with one attached hydrogen (secondary N) is 1. The molecule has 3 N–H and O–H groups in total. The average molecular weight is 125 g/mol. The van der Waals surface area contributed by atoms with Gasteiger partial charge in [-0.15, -0.1) is 5.10 Å². The zero-order valence-electron chi connectivity index (χ0n) is 5.00. The summed E-state index contributed by atoms with van der Waals surface area (Å²) in [6, 6.07) is 0. The Morgan fingerprint density at radius 3 is 2.78 bits per heavy atom. The molecule has 1 aromatic heterocycles. The maximum absolute atomic E-state index is 6.97. The van der Waals surface area contributed by atoms with E-state index in [0.717, 1.165) is 0 Å². The Kier molecular flexibility index (Phi) is 1.18.